The van der Waals surface area contributed by atoms with E-state index in [1.165, 1.54) is 11.6 Å². The fourth-order valence-corrected chi connectivity index (χ4v) is 3.84. The van der Waals surface area contributed by atoms with Crippen molar-refractivity contribution in [3.05, 3.63) is 95.1 Å². The number of methoxy groups -OCH3 is 1. The summed E-state index contributed by atoms with van der Waals surface area (Å²) in [4.78, 5) is 6.44. The molecule has 5 heteroatoms. The number of thioether (sulfide) groups is 1. The van der Waals surface area contributed by atoms with Crippen molar-refractivity contribution in [3.63, 3.8) is 0 Å². The first kappa shape index (κ1) is 17.6. The largest absolute Gasteiger partial charge is 0.481 e. The molecule has 0 unspecified atom stereocenters. The molecule has 0 saturated heterocycles. The minimum absolute atomic E-state index is 0.257. The zero-order valence-electron chi connectivity index (χ0n) is 14.8. The number of hydrogen-bond donors (Lipinski definition) is 0. The van der Waals surface area contributed by atoms with Crippen LogP contribution in [0.5, 0.6) is 5.88 Å². The van der Waals surface area contributed by atoms with E-state index in [9.17, 15) is 4.39 Å². The predicted molar refractivity (Wildman–Crippen MR) is 108 cm³/mol. The Kier molecular flexibility index (Phi) is 5.12. The molecule has 1 aliphatic rings. The lowest BCUT2D eigenvalue weighted by Gasteiger charge is -2.23. The summed E-state index contributed by atoms with van der Waals surface area (Å²) in [6, 6.07) is 18.9. The molecule has 27 heavy (non-hydrogen) atoms. The SMILES string of the molecule is COc1ccc(-c2ccc(F)cc2C2=CS[CH]N2Cc2ccccc2)cn1. The smallest absolute Gasteiger partial charge is 0.212 e. The van der Waals surface area contributed by atoms with Crippen LogP contribution in [0.3, 0.4) is 0 Å². The maximum absolute atomic E-state index is 14.1. The number of halogens is 1. The van der Waals surface area contributed by atoms with Crippen LogP contribution in [0.25, 0.3) is 16.8 Å². The highest BCUT2D eigenvalue weighted by Crippen LogP contribution is 2.39. The number of pyridine rings is 1. The van der Waals surface area contributed by atoms with Crippen molar-refractivity contribution in [3.8, 4) is 17.0 Å². The summed E-state index contributed by atoms with van der Waals surface area (Å²) in [5.74, 6) is 2.35. The zero-order chi connectivity index (χ0) is 18.6. The van der Waals surface area contributed by atoms with Crippen LogP contribution in [-0.2, 0) is 6.54 Å². The third-order valence-electron chi connectivity index (χ3n) is 4.39. The summed E-state index contributed by atoms with van der Waals surface area (Å²) in [5.41, 5.74) is 4.88. The average Bonchev–Trinajstić information content (AvgIpc) is 3.17. The second-order valence-electron chi connectivity index (χ2n) is 6.14. The predicted octanol–water partition coefficient (Wildman–Crippen LogP) is 5.56. The highest BCUT2D eigenvalue weighted by Gasteiger charge is 2.22. The molecular formula is C22H18FN2OS. The van der Waals surface area contributed by atoms with Gasteiger partial charge in [-0.1, -0.05) is 36.4 Å². The summed E-state index contributed by atoms with van der Waals surface area (Å²) in [7, 11) is 1.59. The summed E-state index contributed by atoms with van der Waals surface area (Å²) < 4.78 is 19.2. The number of aromatic nitrogens is 1. The first-order chi connectivity index (χ1) is 13.2. The van der Waals surface area contributed by atoms with Crippen LogP contribution in [0.4, 0.5) is 4.39 Å². The van der Waals surface area contributed by atoms with Gasteiger partial charge in [-0.15, -0.1) is 11.8 Å². The molecule has 0 fully saturated rings. The Morgan fingerprint density at radius 2 is 1.89 bits per heavy atom. The summed E-state index contributed by atoms with van der Waals surface area (Å²) in [5, 5.41) is 2.05. The molecule has 0 aliphatic carbocycles. The highest BCUT2D eigenvalue weighted by atomic mass is 32.2. The van der Waals surface area contributed by atoms with Crippen molar-refractivity contribution in [2.75, 3.05) is 7.11 Å². The molecule has 0 spiro atoms. The van der Waals surface area contributed by atoms with E-state index in [4.69, 9.17) is 4.74 Å². The first-order valence-corrected chi connectivity index (χ1v) is 9.49. The molecule has 3 aromatic rings. The van der Waals surface area contributed by atoms with Crippen LogP contribution in [0.15, 0.2) is 72.3 Å². The Bertz CT molecular complexity index is 958. The molecule has 4 rings (SSSR count). The molecular weight excluding hydrogens is 359 g/mol. The van der Waals surface area contributed by atoms with Gasteiger partial charge in [0.15, 0.2) is 0 Å². The van der Waals surface area contributed by atoms with E-state index >= 15 is 0 Å². The minimum Gasteiger partial charge on any atom is -0.481 e. The van der Waals surface area contributed by atoms with Crippen LogP contribution >= 0.6 is 11.8 Å². The fourth-order valence-electron chi connectivity index (χ4n) is 3.05. The van der Waals surface area contributed by atoms with E-state index in [1.54, 1.807) is 37.2 Å². The lowest BCUT2D eigenvalue weighted by molar-refractivity contribution is 0.398. The van der Waals surface area contributed by atoms with Gasteiger partial charge in [-0.3, -0.25) is 0 Å². The summed E-state index contributed by atoms with van der Waals surface area (Å²) >= 11 is 1.60. The molecule has 0 saturated carbocycles. The normalized spacial score (nSPS) is 13.6. The second-order valence-corrected chi connectivity index (χ2v) is 6.86. The molecule has 0 amide bonds. The van der Waals surface area contributed by atoms with E-state index in [-0.39, 0.29) is 5.82 Å². The first-order valence-electron chi connectivity index (χ1n) is 8.54. The van der Waals surface area contributed by atoms with Gasteiger partial charge >= 0.3 is 0 Å². The van der Waals surface area contributed by atoms with Gasteiger partial charge in [0.05, 0.1) is 12.8 Å². The lowest BCUT2D eigenvalue weighted by Crippen LogP contribution is -2.15. The Morgan fingerprint density at radius 1 is 1.04 bits per heavy atom. The molecule has 1 aromatic heterocycles. The van der Waals surface area contributed by atoms with Gasteiger partial charge in [-0.25, -0.2) is 9.37 Å². The van der Waals surface area contributed by atoms with Gasteiger partial charge in [-0.05, 0) is 34.7 Å². The molecule has 0 atom stereocenters. The van der Waals surface area contributed by atoms with Crippen LogP contribution in [-0.4, -0.2) is 17.0 Å². The van der Waals surface area contributed by atoms with Crippen LogP contribution in [0.2, 0.25) is 0 Å². The van der Waals surface area contributed by atoms with Crippen molar-refractivity contribution < 1.29 is 9.13 Å². The van der Waals surface area contributed by atoms with E-state index in [0.29, 0.717) is 5.88 Å². The van der Waals surface area contributed by atoms with Crippen molar-refractivity contribution in [1.29, 1.82) is 0 Å². The summed E-state index contributed by atoms with van der Waals surface area (Å²) in [6.07, 6.45) is 1.75. The van der Waals surface area contributed by atoms with Crippen molar-refractivity contribution in [2.24, 2.45) is 0 Å². The number of benzene rings is 2. The number of rotatable bonds is 5. The van der Waals surface area contributed by atoms with Gasteiger partial charge < -0.3 is 9.64 Å². The molecule has 0 N–H and O–H groups in total. The van der Waals surface area contributed by atoms with Gasteiger partial charge in [0.1, 0.15) is 11.7 Å². The maximum Gasteiger partial charge on any atom is 0.212 e. The maximum atomic E-state index is 14.1. The molecule has 2 heterocycles. The van der Waals surface area contributed by atoms with Gasteiger partial charge in [-0.2, -0.15) is 0 Å². The topological polar surface area (TPSA) is 25.4 Å². The Balaban J connectivity index is 1.70. The van der Waals surface area contributed by atoms with E-state index in [2.05, 4.69) is 33.3 Å². The third kappa shape index (κ3) is 3.83. The van der Waals surface area contributed by atoms with Crippen LogP contribution < -0.4 is 4.74 Å². The monoisotopic (exact) mass is 377 g/mol. The fraction of sp³-hybridized carbons (Fsp3) is 0.0909. The average molecular weight is 377 g/mol. The van der Waals surface area contributed by atoms with Crippen molar-refractivity contribution in [2.45, 2.75) is 6.54 Å². The highest BCUT2D eigenvalue weighted by molar-refractivity contribution is 8.04. The van der Waals surface area contributed by atoms with Crippen LogP contribution in [0.1, 0.15) is 11.1 Å². The van der Waals surface area contributed by atoms with Crippen LogP contribution in [0, 0.1) is 11.7 Å². The molecule has 1 radical (unpaired) electrons. The van der Waals surface area contributed by atoms with E-state index in [1.807, 2.05) is 30.3 Å². The zero-order valence-corrected chi connectivity index (χ0v) is 15.6. The Hall–Kier alpha value is -2.79. The van der Waals surface area contributed by atoms with Crippen molar-refractivity contribution in [1.82, 2.24) is 9.88 Å². The summed E-state index contributed by atoms with van der Waals surface area (Å²) in [6.45, 7) is 0.733. The van der Waals surface area contributed by atoms with E-state index < -0.39 is 0 Å². The van der Waals surface area contributed by atoms with Gasteiger partial charge in [0.2, 0.25) is 5.88 Å². The number of nitrogens with zero attached hydrogens (tertiary/aromatic N) is 2. The van der Waals surface area contributed by atoms with Gasteiger partial charge in [0, 0.05) is 29.9 Å². The molecule has 2 aromatic carbocycles. The molecule has 135 valence electrons. The Labute approximate surface area is 162 Å². The standard InChI is InChI=1S/C22H18FN2OS/c1-26-22-10-7-17(12-24-22)19-9-8-18(23)11-20(19)21-14-27-15-25(21)13-16-5-3-2-4-6-16/h2-12,14-15H,13H2,1H3. The molecule has 0 bridgehead atoms. The van der Waals surface area contributed by atoms with Crippen molar-refractivity contribution >= 4 is 17.5 Å². The minimum atomic E-state index is -0.257. The third-order valence-corrected chi connectivity index (χ3v) is 5.12. The molecule has 1 aliphatic heterocycles. The number of ether oxygens (including phenoxy) is 1. The lowest BCUT2D eigenvalue weighted by atomic mass is 9.98. The quantitative estimate of drug-likeness (QED) is 0.581. The van der Waals surface area contributed by atoms with Gasteiger partial charge in [0.25, 0.3) is 0 Å². The Morgan fingerprint density at radius 3 is 2.63 bits per heavy atom. The number of hydrogen-bond acceptors (Lipinski definition) is 4. The molecule has 3 nitrogen and oxygen atoms in total. The van der Waals surface area contributed by atoms with E-state index in [0.717, 1.165) is 28.9 Å². The second kappa shape index (κ2) is 7.84.